The SMILES string of the molecule is COC(=O)C1(C(=O)Nc2ccc(Cl)cc2)CC1C(=O)Nc1ccc(-n2ccccc2=O)cc1F. The van der Waals surface area contributed by atoms with E-state index in [1.54, 1.807) is 36.4 Å². The monoisotopic (exact) mass is 483 g/mol. The number of hydrogen-bond donors (Lipinski definition) is 2. The standard InChI is InChI=1S/C24H19ClFN3O5/c1-34-23(33)24(22(32)27-15-7-5-14(25)6-8-15)13-17(24)21(31)28-19-10-9-16(12-18(19)26)29-11-3-2-4-20(29)30/h2-12,17H,13H2,1H3,(H,27,32)(H,28,31). The number of esters is 1. The van der Waals surface area contributed by atoms with E-state index < -0.39 is 34.9 Å². The topological polar surface area (TPSA) is 106 Å². The van der Waals surface area contributed by atoms with Gasteiger partial charge in [0.2, 0.25) is 11.8 Å². The van der Waals surface area contributed by atoms with E-state index in [2.05, 4.69) is 10.6 Å². The van der Waals surface area contributed by atoms with E-state index in [-0.39, 0.29) is 23.4 Å². The van der Waals surface area contributed by atoms with Crippen molar-refractivity contribution in [3.63, 3.8) is 0 Å². The lowest BCUT2D eigenvalue weighted by Crippen LogP contribution is -2.36. The minimum absolute atomic E-state index is 0.0932. The van der Waals surface area contributed by atoms with Gasteiger partial charge in [0.25, 0.3) is 5.56 Å². The fraction of sp³-hybridized carbons (Fsp3) is 0.167. The molecule has 0 bridgehead atoms. The molecule has 1 aliphatic carbocycles. The van der Waals surface area contributed by atoms with E-state index in [1.807, 2.05) is 0 Å². The fourth-order valence-corrected chi connectivity index (χ4v) is 3.85. The summed E-state index contributed by atoms with van der Waals surface area (Å²) in [6.07, 6.45) is 1.40. The van der Waals surface area contributed by atoms with Crippen molar-refractivity contribution < 1.29 is 23.5 Å². The van der Waals surface area contributed by atoms with Crippen LogP contribution in [0.15, 0.2) is 71.7 Å². The Labute approximate surface area is 198 Å². The van der Waals surface area contributed by atoms with E-state index in [4.69, 9.17) is 16.3 Å². The summed E-state index contributed by atoms with van der Waals surface area (Å²) < 4.78 is 20.7. The molecule has 8 nitrogen and oxygen atoms in total. The van der Waals surface area contributed by atoms with Crippen LogP contribution in [0.3, 0.4) is 0 Å². The zero-order valence-electron chi connectivity index (χ0n) is 17.9. The summed E-state index contributed by atoms with van der Waals surface area (Å²) >= 11 is 5.84. The number of carbonyl (C=O) groups excluding carboxylic acids is 3. The lowest BCUT2D eigenvalue weighted by molar-refractivity contribution is -0.152. The molecular formula is C24H19ClFN3O5. The van der Waals surface area contributed by atoms with Crippen LogP contribution in [0.4, 0.5) is 15.8 Å². The summed E-state index contributed by atoms with van der Waals surface area (Å²) in [5, 5.41) is 5.48. The molecule has 1 fully saturated rings. The highest BCUT2D eigenvalue weighted by molar-refractivity contribution is 6.30. The van der Waals surface area contributed by atoms with Gasteiger partial charge in [-0.05, 0) is 48.9 Å². The molecule has 2 unspecified atom stereocenters. The number of nitrogens with zero attached hydrogens (tertiary/aromatic N) is 1. The average molecular weight is 484 g/mol. The Kier molecular flexibility index (Phi) is 6.21. The van der Waals surface area contributed by atoms with E-state index >= 15 is 0 Å². The van der Waals surface area contributed by atoms with Gasteiger partial charge in [-0.25, -0.2) is 4.39 Å². The van der Waals surface area contributed by atoms with Gasteiger partial charge >= 0.3 is 5.97 Å². The summed E-state index contributed by atoms with van der Waals surface area (Å²) in [6, 6.07) is 14.6. The molecule has 2 atom stereocenters. The lowest BCUT2D eigenvalue weighted by Gasteiger charge is -2.15. The molecule has 1 saturated carbocycles. The van der Waals surface area contributed by atoms with Crippen molar-refractivity contribution in [3.05, 3.63) is 88.1 Å². The van der Waals surface area contributed by atoms with Gasteiger partial charge in [0.05, 0.1) is 24.4 Å². The van der Waals surface area contributed by atoms with Crippen molar-refractivity contribution in [2.75, 3.05) is 17.7 Å². The molecule has 0 saturated heterocycles. The number of hydrogen-bond acceptors (Lipinski definition) is 5. The molecule has 0 aliphatic heterocycles. The second-order valence-electron chi connectivity index (χ2n) is 7.74. The Hall–Kier alpha value is -3.98. The molecule has 1 aromatic heterocycles. The van der Waals surface area contributed by atoms with Crippen LogP contribution in [0.2, 0.25) is 5.02 Å². The predicted octanol–water partition coefficient (Wildman–Crippen LogP) is 3.39. The van der Waals surface area contributed by atoms with Crippen molar-refractivity contribution in [3.8, 4) is 5.69 Å². The van der Waals surface area contributed by atoms with Crippen LogP contribution in [-0.2, 0) is 19.1 Å². The largest absolute Gasteiger partial charge is 0.468 e. The first-order valence-corrected chi connectivity index (χ1v) is 10.6. The number of benzene rings is 2. The molecule has 1 aliphatic rings. The van der Waals surface area contributed by atoms with Crippen molar-refractivity contribution in [2.45, 2.75) is 6.42 Å². The van der Waals surface area contributed by atoms with Crippen molar-refractivity contribution in [1.82, 2.24) is 4.57 Å². The quantitative estimate of drug-likeness (QED) is 0.413. The lowest BCUT2D eigenvalue weighted by atomic mass is 10.0. The first-order chi connectivity index (χ1) is 16.3. The number of amides is 2. The maximum Gasteiger partial charge on any atom is 0.322 e. The number of carbonyl (C=O) groups is 3. The second kappa shape index (κ2) is 9.11. The average Bonchev–Trinajstić information content (AvgIpc) is 3.59. The van der Waals surface area contributed by atoms with Crippen LogP contribution in [0.1, 0.15) is 6.42 Å². The number of ether oxygens (including phenoxy) is 1. The zero-order valence-corrected chi connectivity index (χ0v) is 18.6. The number of methoxy groups -OCH3 is 1. The summed E-state index contributed by atoms with van der Waals surface area (Å²) in [4.78, 5) is 50.2. The van der Waals surface area contributed by atoms with Gasteiger partial charge in [-0.2, -0.15) is 0 Å². The summed E-state index contributed by atoms with van der Waals surface area (Å²) in [5.41, 5.74) is -1.56. The third kappa shape index (κ3) is 4.29. The summed E-state index contributed by atoms with van der Waals surface area (Å²) in [7, 11) is 1.12. The first kappa shape index (κ1) is 23.2. The van der Waals surface area contributed by atoms with E-state index in [1.165, 1.54) is 29.0 Å². The van der Waals surface area contributed by atoms with Crippen LogP contribution in [0, 0.1) is 17.2 Å². The maximum atomic E-state index is 14.7. The van der Waals surface area contributed by atoms with Crippen LogP contribution in [-0.4, -0.2) is 29.5 Å². The smallest absolute Gasteiger partial charge is 0.322 e. The van der Waals surface area contributed by atoms with Crippen LogP contribution in [0.25, 0.3) is 5.69 Å². The molecule has 2 N–H and O–H groups in total. The van der Waals surface area contributed by atoms with Gasteiger partial charge in [-0.15, -0.1) is 0 Å². The zero-order chi connectivity index (χ0) is 24.5. The van der Waals surface area contributed by atoms with Gasteiger partial charge in [-0.3, -0.25) is 23.7 Å². The second-order valence-corrected chi connectivity index (χ2v) is 8.18. The molecule has 3 aromatic rings. The highest BCUT2D eigenvalue weighted by Gasteiger charge is 2.70. The highest BCUT2D eigenvalue weighted by Crippen LogP contribution is 2.54. The molecule has 10 heteroatoms. The molecule has 0 radical (unpaired) electrons. The van der Waals surface area contributed by atoms with E-state index in [9.17, 15) is 23.6 Å². The molecule has 4 rings (SSSR count). The molecular weight excluding hydrogens is 465 g/mol. The minimum atomic E-state index is -1.73. The Morgan fingerprint density at radius 2 is 1.82 bits per heavy atom. The molecule has 34 heavy (non-hydrogen) atoms. The van der Waals surface area contributed by atoms with Gasteiger partial charge < -0.3 is 15.4 Å². The third-order valence-corrected chi connectivity index (χ3v) is 5.90. The van der Waals surface area contributed by atoms with Gasteiger partial charge in [-0.1, -0.05) is 17.7 Å². The number of halogens is 2. The fourth-order valence-electron chi connectivity index (χ4n) is 3.72. The van der Waals surface area contributed by atoms with Gasteiger partial charge in [0, 0.05) is 29.0 Å². The Morgan fingerprint density at radius 3 is 2.47 bits per heavy atom. The normalized spacial score (nSPS) is 18.6. The van der Waals surface area contributed by atoms with Crippen LogP contribution >= 0.6 is 11.6 Å². The Balaban J connectivity index is 1.52. The van der Waals surface area contributed by atoms with Crippen LogP contribution in [0.5, 0.6) is 0 Å². The number of pyridine rings is 1. The molecule has 2 aromatic carbocycles. The highest BCUT2D eigenvalue weighted by atomic mass is 35.5. The third-order valence-electron chi connectivity index (χ3n) is 5.65. The minimum Gasteiger partial charge on any atom is -0.468 e. The molecule has 2 amide bonds. The van der Waals surface area contributed by atoms with Crippen LogP contribution < -0.4 is 16.2 Å². The van der Waals surface area contributed by atoms with E-state index in [0.717, 1.165) is 13.2 Å². The van der Waals surface area contributed by atoms with Gasteiger partial charge in [0.1, 0.15) is 5.82 Å². The maximum absolute atomic E-state index is 14.7. The number of nitrogens with one attached hydrogen (secondary N) is 2. The Bertz CT molecular complexity index is 1340. The van der Waals surface area contributed by atoms with Crippen molar-refractivity contribution in [2.24, 2.45) is 11.3 Å². The first-order valence-electron chi connectivity index (χ1n) is 10.2. The number of aromatic nitrogens is 1. The summed E-state index contributed by atoms with van der Waals surface area (Å²) in [5.74, 6) is -4.11. The van der Waals surface area contributed by atoms with Crippen molar-refractivity contribution >= 4 is 40.8 Å². The number of rotatable bonds is 6. The molecule has 1 heterocycles. The van der Waals surface area contributed by atoms with Gasteiger partial charge in [0.15, 0.2) is 5.41 Å². The van der Waals surface area contributed by atoms with E-state index in [0.29, 0.717) is 10.7 Å². The van der Waals surface area contributed by atoms with Crippen molar-refractivity contribution in [1.29, 1.82) is 0 Å². The number of anilines is 2. The summed E-state index contributed by atoms with van der Waals surface area (Å²) in [6.45, 7) is 0. The predicted molar refractivity (Wildman–Crippen MR) is 123 cm³/mol. The molecule has 0 spiro atoms. The Morgan fingerprint density at radius 1 is 1.09 bits per heavy atom. The molecule has 174 valence electrons.